The van der Waals surface area contributed by atoms with E-state index in [0.29, 0.717) is 16.7 Å². The number of benzene rings is 2. The average Bonchev–Trinajstić information content (AvgIpc) is 3.20. The average molecular weight is 467 g/mol. The van der Waals surface area contributed by atoms with Crippen molar-refractivity contribution in [3.05, 3.63) is 77.4 Å². The van der Waals surface area contributed by atoms with Gasteiger partial charge < -0.3 is 9.47 Å². The molecule has 1 saturated heterocycles. The molecule has 2 aliphatic rings. The number of carbonyl (C=O) groups is 3. The molecule has 172 valence electrons. The Morgan fingerprint density at radius 3 is 1.94 bits per heavy atom. The number of hydrogen-bond donors (Lipinski definition) is 0. The zero-order valence-electron chi connectivity index (χ0n) is 19.0. The van der Waals surface area contributed by atoms with Gasteiger partial charge >= 0.3 is 12.2 Å². The molecule has 0 bridgehead atoms. The number of rotatable bonds is 4. The van der Waals surface area contributed by atoms with Crippen LogP contribution in [0.4, 0.5) is 9.59 Å². The molecule has 4 rings (SSSR count). The summed E-state index contributed by atoms with van der Waals surface area (Å²) < 4.78 is 13.4. The summed E-state index contributed by atoms with van der Waals surface area (Å²) in [7, 11) is 0. The largest absolute Gasteiger partial charge is 0.449 e. The summed E-state index contributed by atoms with van der Waals surface area (Å²) in [5, 5.41) is 0. The van der Waals surface area contributed by atoms with E-state index in [1.807, 2.05) is 62.4 Å². The number of fused-ring (bicyclic) bond motifs is 1. The Kier molecular flexibility index (Phi) is 5.97. The third-order valence-electron chi connectivity index (χ3n) is 6.36. The van der Waals surface area contributed by atoms with Crippen molar-refractivity contribution in [2.24, 2.45) is 0 Å². The van der Waals surface area contributed by atoms with Gasteiger partial charge in [-0.1, -0.05) is 60.7 Å². The van der Waals surface area contributed by atoms with Crippen LogP contribution in [0.3, 0.4) is 0 Å². The van der Waals surface area contributed by atoms with Gasteiger partial charge in [-0.3, -0.25) is 4.79 Å². The number of hydrogen-bond acceptors (Lipinski definition) is 6. The molecule has 0 spiro atoms. The molecule has 2 atom stereocenters. The van der Waals surface area contributed by atoms with E-state index in [1.54, 1.807) is 26.0 Å². The Bertz CT molecular complexity index is 1120. The fourth-order valence-electron chi connectivity index (χ4n) is 4.81. The first-order valence-corrected chi connectivity index (χ1v) is 11.6. The van der Waals surface area contributed by atoms with E-state index in [-0.39, 0.29) is 19.0 Å². The minimum Gasteiger partial charge on any atom is -0.449 e. The number of ether oxygens (including phenoxy) is 2. The normalized spacial score (nSPS) is 24.2. The molecule has 8 heteroatoms. The maximum Gasteiger partial charge on any atom is 0.422 e. The van der Waals surface area contributed by atoms with Crippen molar-refractivity contribution in [3.63, 3.8) is 0 Å². The Balaban J connectivity index is 2.05. The van der Waals surface area contributed by atoms with E-state index in [4.69, 9.17) is 9.47 Å². The lowest BCUT2D eigenvalue weighted by Crippen LogP contribution is -2.60. The van der Waals surface area contributed by atoms with Crippen LogP contribution in [0, 0.1) is 0 Å². The van der Waals surface area contributed by atoms with Crippen molar-refractivity contribution >= 4 is 35.7 Å². The van der Waals surface area contributed by atoms with Crippen molar-refractivity contribution in [2.45, 2.75) is 38.8 Å². The first kappa shape index (κ1) is 22.9. The van der Waals surface area contributed by atoms with Crippen molar-refractivity contribution in [1.82, 2.24) is 8.61 Å². The highest BCUT2D eigenvalue weighted by molar-refractivity contribution is 7.96. The molecule has 0 unspecified atom stereocenters. The summed E-state index contributed by atoms with van der Waals surface area (Å²) >= 11 is 0.859. The van der Waals surface area contributed by atoms with Crippen molar-refractivity contribution in [3.8, 4) is 0 Å². The van der Waals surface area contributed by atoms with Gasteiger partial charge in [0.2, 0.25) is 0 Å². The molecule has 0 N–H and O–H groups in total. The monoisotopic (exact) mass is 466 g/mol. The SMILES string of the molecule is CCOC(=O)N1SN(C(=O)OCC)[C@@]2(c3ccccc3)C(=O)C(c3ccccc3)=C(C)[C@@]12C. The molecule has 1 fully saturated rings. The number of nitrogens with zero attached hydrogens (tertiary/aromatic N) is 2. The van der Waals surface area contributed by atoms with E-state index in [9.17, 15) is 14.4 Å². The number of carbonyl (C=O) groups excluding carboxylic acids is 3. The van der Waals surface area contributed by atoms with E-state index >= 15 is 0 Å². The molecule has 0 aromatic heterocycles. The Morgan fingerprint density at radius 2 is 1.39 bits per heavy atom. The van der Waals surface area contributed by atoms with Crippen LogP contribution in [0.5, 0.6) is 0 Å². The van der Waals surface area contributed by atoms with Crippen LogP contribution in [0.25, 0.3) is 5.57 Å². The van der Waals surface area contributed by atoms with Crippen molar-refractivity contribution < 1.29 is 23.9 Å². The molecule has 1 aliphatic heterocycles. The second-order valence-electron chi connectivity index (χ2n) is 7.91. The van der Waals surface area contributed by atoms with Gasteiger partial charge in [0.05, 0.1) is 25.3 Å². The minimum absolute atomic E-state index is 0.128. The van der Waals surface area contributed by atoms with Crippen LogP contribution < -0.4 is 0 Å². The Labute approximate surface area is 197 Å². The smallest absolute Gasteiger partial charge is 0.422 e. The van der Waals surface area contributed by atoms with Crippen LogP contribution in [0.2, 0.25) is 0 Å². The quantitative estimate of drug-likeness (QED) is 0.577. The standard InChI is InChI=1S/C25H26N2O5S/c1-5-31-22(29)26-24(4)17(3)20(18-13-9-7-10-14-18)21(28)25(24,19-15-11-8-12-16-19)27(33-26)23(30)32-6-2/h7-16H,5-6H2,1-4H3/t24-,25+/m1/s1. The summed E-state index contributed by atoms with van der Waals surface area (Å²) in [5.74, 6) is -0.271. The molecule has 1 heterocycles. The lowest BCUT2D eigenvalue weighted by Gasteiger charge is -2.41. The lowest BCUT2D eigenvalue weighted by atomic mass is 9.72. The van der Waals surface area contributed by atoms with Crippen molar-refractivity contribution in [2.75, 3.05) is 13.2 Å². The highest BCUT2D eigenvalue weighted by Crippen LogP contribution is 2.64. The molecule has 0 saturated carbocycles. The van der Waals surface area contributed by atoms with Crippen LogP contribution in [-0.2, 0) is 19.8 Å². The summed E-state index contributed by atoms with van der Waals surface area (Å²) in [4.78, 5) is 40.9. The highest BCUT2D eigenvalue weighted by Gasteiger charge is 2.75. The highest BCUT2D eigenvalue weighted by atomic mass is 32.2. The Hall–Kier alpha value is -3.26. The molecule has 2 aromatic carbocycles. The summed E-state index contributed by atoms with van der Waals surface area (Å²) in [6.07, 6.45) is -1.32. The lowest BCUT2D eigenvalue weighted by molar-refractivity contribution is -0.124. The van der Waals surface area contributed by atoms with Crippen LogP contribution in [0.1, 0.15) is 38.8 Å². The summed E-state index contributed by atoms with van der Waals surface area (Å²) in [6.45, 7) is 7.35. The molecule has 7 nitrogen and oxygen atoms in total. The van der Waals surface area contributed by atoms with Crippen molar-refractivity contribution in [1.29, 1.82) is 0 Å². The topological polar surface area (TPSA) is 76.2 Å². The van der Waals surface area contributed by atoms with Gasteiger partial charge in [0.25, 0.3) is 0 Å². The number of Topliss-reactive ketones (excluding diaryl/α,β-unsaturated/α-hetero) is 1. The molecule has 2 aromatic rings. The molecular weight excluding hydrogens is 440 g/mol. The van der Waals surface area contributed by atoms with E-state index in [2.05, 4.69) is 0 Å². The fraction of sp³-hybridized carbons (Fsp3) is 0.320. The van der Waals surface area contributed by atoms with E-state index in [1.165, 1.54) is 8.61 Å². The van der Waals surface area contributed by atoms with Gasteiger partial charge in [0.1, 0.15) is 5.54 Å². The molecule has 0 radical (unpaired) electrons. The fourth-order valence-corrected chi connectivity index (χ4v) is 6.14. The molecule has 2 amide bonds. The molecular formula is C25H26N2O5S. The maximum atomic E-state index is 14.5. The minimum atomic E-state index is -1.53. The second kappa shape index (κ2) is 8.59. The first-order valence-electron chi connectivity index (χ1n) is 10.8. The number of ketones is 1. The third kappa shape index (κ3) is 3.08. The van der Waals surface area contributed by atoms with Crippen LogP contribution in [0.15, 0.2) is 66.2 Å². The second-order valence-corrected chi connectivity index (χ2v) is 8.81. The predicted molar refractivity (Wildman–Crippen MR) is 126 cm³/mol. The zero-order valence-corrected chi connectivity index (χ0v) is 19.8. The van der Waals surface area contributed by atoms with Crippen LogP contribution in [-0.4, -0.2) is 45.3 Å². The third-order valence-corrected chi connectivity index (χ3v) is 7.62. The maximum absolute atomic E-state index is 14.5. The molecule has 33 heavy (non-hydrogen) atoms. The Morgan fingerprint density at radius 1 is 0.879 bits per heavy atom. The zero-order chi connectivity index (χ0) is 23.8. The van der Waals surface area contributed by atoms with Gasteiger partial charge in [0, 0.05) is 5.57 Å². The summed E-state index contributed by atoms with van der Waals surface area (Å²) in [6, 6.07) is 18.4. The van der Waals surface area contributed by atoms with Gasteiger partial charge in [-0.2, -0.15) is 0 Å². The number of amides is 2. The van der Waals surface area contributed by atoms with E-state index in [0.717, 1.165) is 17.7 Å². The summed E-state index contributed by atoms with van der Waals surface area (Å²) in [5.41, 5.74) is -0.285. The van der Waals surface area contributed by atoms with Gasteiger partial charge in [-0.15, -0.1) is 0 Å². The van der Waals surface area contributed by atoms with Gasteiger partial charge in [-0.25, -0.2) is 18.2 Å². The van der Waals surface area contributed by atoms with Gasteiger partial charge in [0.15, 0.2) is 11.3 Å². The predicted octanol–water partition coefficient (Wildman–Crippen LogP) is 5.19. The molecule has 1 aliphatic carbocycles. The first-order chi connectivity index (χ1) is 15.8. The van der Waals surface area contributed by atoms with Gasteiger partial charge in [-0.05, 0) is 44.4 Å². The van der Waals surface area contributed by atoms with Crippen LogP contribution >= 0.6 is 12.1 Å². The van der Waals surface area contributed by atoms with E-state index < -0.39 is 23.3 Å².